The number of amides is 1. The average Bonchev–Trinajstić information content (AvgIpc) is 2.80. The fraction of sp³-hybridized carbons (Fsp3) is 0.462. The summed E-state index contributed by atoms with van der Waals surface area (Å²) >= 11 is 17.7. The molecule has 1 aromatic rings. The number of carbonyl (C=O) groups is 1. The van der Waals surface area contributed by atoms with Gasteiger partial charge in [-0.25, -0.2) is 0 Å². The number of carbonyl (C=O) groups excluding carboxylic acids is 1. The summed E-state index contributed by atoms with van der Waals surface area (Å²) in [6.45, 7) is -0.0996. The number of rotatable bonds is 4. The predicted molar refractivity (Wildman–Crippen MR) is 77.4 cm³/mol. The van der Waals surface area contributed by atoms with Crippen LogP contribution in [0.3, 0.4) is 0 Å². The number of halogens is 3. The van der Waals surface area contributed by atoms with E-state index in [9.17, 15) is 4.79 Å². The molecule has 1 amide bonds. The number of nitrogens with one attached hydrogen (secondary N) is 1. The Morgan fingerprint density at radius 2 is 1.79 bits per heavy atom. The van der Waals surface area contributed by atoms with Gasteiger partial charge in [0.2, 0.25) is 0 Å². The molecule has 3 nitrogen and oxygen atoms in total. The maximum absolute atomic E-state index is 11.7. The van der Waals surface area contributed by atoms with Crippen LogP contribution in [0, 0.1) is 0 Å². The van der Waals surface area contributed by atoms with E-state index < -0.39 is 0 Å². The third-order valence-corrected chi connectivity index (χ3v) is 3.81. The summed E-state index contributed by atoms with van der Waals surface area (Å²) in [4.78, 5) is 11.7. The molecule has 0 saturated heterocycles. The van der Waals surface area contributed by atoms with E-state index in [2.05, 4.69) is 5.32 Å². The highest BCUT2D eigenvalue weighted by atomic mass is 35.5. The Labute approximate surface area is 127 Å². The third-order valence-electron chi connectivity index (χ3n) is 3.03. The van der Waals surface area contributed by atoms with Crippen molar-refractivity contribution in [3.8, 4) is 5.75 Å². The number of hydrogen-bond donors (Lipinski definition) is 1. The van der Waals surface area contributed by atoms with Crippen LogP contribution in [0.2, 0.25) is 15.1 Å². The first-order valence-corrected chi connectivity index (χ1v) is 7.26. The van der Waals surface area contributed by atoms with E-state index in [1.807, 2.05) is 0 Å². The topological polar surface area (TPSA) is 38.3 Å². The van der Waals surface area contributed by atoms with Gasteiger partial charge in [0.25, 0.3) is 5.91 Å². The van der Waals surface area contributed by atoms with E-state index in [0.717, 1.165) is 12.8 Å². The van der Waals surface area contributed by atoms with E-state index in [4.69, 9.17) is 39.5 Å². The van der Waals surface area contributed by atoms with Gasteiger partial charge in [-0.05, 0) is 25.0 Å². The van der Waals surface area contributed by atoms with Crippen LogP contribution in [-0.4, -0.2) is 18.6 Å². The van der Waals surface area contributed by atoms with Crippen LogP contribution >= 0.6 is 34.8 Å². The average molecular weight is 323 g/mol. The van der Waals surface area contributed by atoms with Crippen molar-refractivity contribution >= 4 is 40.7 Å². The van der Waals surface area contributed by atoms with Crippen LogP contribution in [0.15, 0.2) is 12.1 Å². The number of hydrogen-bond acceptors (Lipinski definition) is 2. The SMILES string of the molecule is O=C(COc1c(Cl)cc(Cl)cc1Cl)NC1CCCC1. The highest BCUT2D eigenvalue weighted by Crippen LogP contribution is 2.35. The maximum atomic E-state index is 11.7. The second-order valence-corrected chi connectivity index (χ2v) is 5.79. The van der Waals surface area contributed by atoms with Crippen molar-refractivity contribution in [2.45, 2.75) is 31.7 Å². The Hall–Kier alpha value is -0.640. The standard InChI is InChI=1S/C13H14Cl3NO2/c14-8-5-10(15)13(11(16)6-8)19-7-12(18)17-9-3-1-2-4-9/h5-6,9H,1-4,7H2,(H,17,18). The van der Waals surface area contributed by atoms with Gasteiger partial charge in [-0.15, -0.1) is 0 Å². The summed E-state index contributed by atoms with van der Waals surface area (Å²) in [6, 6.07) is 3.32. The molecular weight excluding hydrogens is 309 g/mol. The van der Waals surface area contributed by atoms with E-state index >= 15 is 0 Å². The zero-order chi connectivity index (χ0) is 13.8. The Morgan fingerprint density at radius 1 is 1.21 bits per heavy atom. The summed E-state index contributed by atoms with van der Waals surface area (Å²) in [7, 11) is 0. The lowest BCUT2D eigenvalue weighted by Crippen LogP contribution is -2.36. The molecule has 1 aliphatic rings. The Balaban J connectivity index is 1.89. The second-order valence-electron chi connectivity index (χ2n) is 4.54. The minimum atomic E-state index is -0.158. The quantitative estimate of drug-likeness (QED) is 0.907. The molecule has 0 aromatic heterocycles. The summed E-state index contributed by atoms with van der Waals surface area (Å²) < 4.78 is 5.36. The highest BCUT2D eigenvalue weighted by molar-refractivity contribution is 6.40. The molecule has 0 radical (unpaired) electrons. The first-order chi connectivity index (χ1) is 9.06. The minimum absolute atomic E-state index is 0.0996. The molecule has 1 saturated carbocycles. The van der Waals surface area contributed by atoms with E-state index in [1.54, 1.807) is 0 Å². The van der Waals surface area contributed by atoms with Crippen molar-refractivity contribution in [1.82, 2.24) is 5.32 Å². The lowest BCUT2D eigenvalue weighted by molar-refractivity contribution is -0.123. The minimum Gasteiger partial charge on any atom is -0.481 e. The van der Waals surface area contributed by atoms with Gasteiger partial charge in [0, 0.05) is 11.1 Å². The Kier molecular flexibility index (Phi) is 5.20. The van der Waals surface area contributed by atoms with Gasteiger partial charge in [-0.2, -0.15) is 0 Å². The fourth-order valence-electron chi connectivity index (χ4n) is 2.14. The van der Waals surface area contributed by atoms with E-state index in [-0.39, 0.29) is 24.3 Å². The summed E-state index contributed by atoms with van der Waals surface area (Å²) in [6.07, 6.45) is 4.41. The highest BCUT2D eigenvalue weighted by Gasteiger charge is 2.18. The second kappa shape index (κ2) is 6.69. The van der Waals surface area contributed by atoms with E-state index in [0.29, 0.717) is 15.1 Å². The van der Waals surface area contributed by atoms with Gasteiger partial charge < -0.3 is 10.1 Å². The normalized spacial score (nSPS) is 15.5. The van der Waals surface area contributed by atoms with Crippen LogP contribution in [0.5, 0.6) is 5.75 Å². The van der Waals surface area contributed by atoms with Gasteiger partial charge in [0.05, 0.1) is 10.0 Å². The van der Waals surface area contributed by atoms with Crippen LogP contribution in [0.4, 0.5) is 0 Å². The van der Waals surface area contributed by atoms with Gasteiger partial charge >= 0.3 is 0 Å². The summed E-state index contributed by atoms with van der Waals surface area (Å²) in [5.74, 6) is 0.128. The number of ether oxygens (including phenoxy) is 1. The van der Waals surface area contributed by atoms with Gasteiger partial charge in [-0.3, -0.25) is 4.79 Å². The molecule has 0 heterocycles. The molecular formula is C13H14Cl3NO2. The number of benzene rings is 1. The summed E-state index contributed by atoms with van der Waals surface area (Å²) in [5.41, 5.74) is 0. The Morgan fingerprint density at radius 3 is 2.37 bits per heavy atom. The molecule has 0 spiro atoms. The first-order valence-electron chi connectivity index (χ1n) is 6.13. The van der Waals surface area contributed by atoms with Crippen LogP contribution in [-0.2, 0) is 4.79 Å². The largest absolute Gasteiger partial charge is 0.481 e. The summed E-state index contributed by atoms with van der Waals surface area (Å²) in [5, 5.41) is 3.95. The maximum Gasteiger partial charge on any atom is 0.258 e. The Bertz CT molecular complexity index is 450. The van der Waals surface area contributed by atoms with Crippen LogP contribution < -0.4 is 10.1 Å². The molecule has 0 unspecified atom stereocenters. The molecule has 104 valence electrons. The molecule has 2 rings (SSSR count). The molecule has 0 atom stereocenters. The molecule has 19 heavy (non-hydrogen) atoms. The van der Waals surface area contributed by atoms with Crippen molar-refractivity contribution < 1.29 is 9.53 Å². The lowest BCUT2D eigenvalue weighted by Gasteiger charge is -2.13. The van der Waals surface area contributed by atoms with Crippen LogP contribution in [0.1, 0.15) is 25.7 Å². The smallest absolute Gasteiger partial charge is 0.258 e. The molecule has 0 aliphatic heterocycles. The first kappa shape index (κ1) is 14.8. The molecule has 1 aromatic carbocycles. The van der Waals surface area contributed by atoms with Crippen LogP contribution in [0.25, 0.3) is 0 Å². The van der Waals surface area contributed by atoms with Crippen molar-refractivity contribution in [1.29, 1.82) is 0 Å². The monoisotopic (exact) mass is 321 g/mol. The zero-order valence-electron chi connectivity index (χ0n) is 10.2. The molecule has 6 heteroatoms. The van der Waals surface area contributed by atoms with Crippen molar-refractivity contribution in [3.05, 3.63) is 27.2 Å². The van der Waals surface area contributed by atoms with Crippen molar-refractivity contribution in [3.63, 3.8) is 0 Å². The van der Waals surface area contributed by atoms with Gasteiger partial charge in [0.15, 0.2) is 12.4 Å². The predicted octanol–water partition coefficient (Wildman–Crippen LogP) is 4.08. The van der Waals surface area contributed by atoms with E-state index in [1.165, 1.54) is 25.0 Å². The lowest BCUT2D eigenvalue weighted by atomic mass is 10.2. The molecule has 1 N–H and O–H groups in total. The molecule has 0 bridgehead atoms. The third kappa shape index (κ3) is 4.16. The van der Waals surface area contributed by atoms with Crippen molar-refractivity contribution in [2.75, 3.05) is 6.61 Å². The van der Waals surface area contributed by atoms with Crippen molar-refractivity contribution in [2.24, 2.45) is 0 Å². The van der Waals surface area contributed by atoms with Gasteiger partial charge in [0.1, 0.15) is 0 Å². The fourth-order valence-corrected chi connectivity index (χ4v) is 3.07. The van der Waals surface area contributed by atoms with Gasteiger partial charge in [-0.1, -0.05) is 47.6 Å². The molecule has 1 fully saturated rings. The molecule has 1 aliphatic carbocycles. The zero-order valence-corrected chi connectivity index (χ0v) is 12.5.